The maximum Gasteiger partial charge on any atom is 0.207 e. The van der Waals surface area contributed by atoms with E-state index in [0.29, 0.717) is 30.1 Å². The summed E-state index contributed by atoms with van der Waals surface area (Å²) in [6.07, 6.45) is 1.58. The molecule has 0 radical (unpaired) electrons. The Bertz CT molecular complexity index is 1150. The molecule has 5 rings (SSSR count). The lowest BCUT2D eigenvalue weighted by Gasteiger charge is -2.37. The van der Waals surface area contributed by atoms with Crippen molar-refractivity contribution in [2.45, 2.75) is 44.3 Å². The number of carbonyl (C=O) groups excluding carboxylic acids is 2. The predicted octanol–water partition coefficient (Wildman–Crippen LogP) is 5.29. The summed E-state index contributed by atoms with van der Waals surface area (Å²) >= 11 is 0. The molecule has 0 aromatic heterocycles. The Morgan fingerprint density at radius 2 is 1.84 bits per heavy atom. The van der Waals surface area contributed by atoms with Crippen LogP contribution < -0.4 is 9.47 Å². The second-order valence-corrected chi connectivity index (χ2v) is 8.41. The number of rotatable bonds is 5. The first-order chi connectivity index (χ1) is 15.1. The van der Waals surface area contributed by atoms with E-state index in [-0.39, 0.29) is 23.9 Å². The summed E-state index contributed by atoms with van der Waals surface area (Å²) < 4.78 is 12.4. The first-order valence-corrected chi connectivity index (χ1v) is 10.7. The molecule has 0 N–H and O–H groups in total. The van der Waals surface area contributed by atoms with Gasteiger partial charge in [-0.25, -0.2) is 0 Å². The predicted molar refractivity (Wildman–Crippen MR) is 118 cm³/mol. The van der Waals surface area contributed by atoms with Crippen LogP contribution in [-0.2, 0) is 17.8 Å². The summed E-state index contributed by atoms with van der Waals surface area (Å²) in [5, 5.41) is 0. The van der Waals surface area contributed by atoms with Crippen LogP contribution in [0.15, 0.2) is 72.8 Å². The Kier molecular flexibility index (Phi) is 4.85. The number of aryl methyl sites for hydroxylation is 1. The third-order valence-corrected chi connectivity index (χ3v) is 6.36. The molecule has 3 aromatic rings. The molecule has 4 heteroatoms. The Morgan fingerprint density at radius 3 is 2.65 bits per heavy atom. The van der Waals surface area contributed by atoms with E-state index in [2.05, 4.69) is 0 Å². The first kappa shape index (κ1) is 19.6. The van der Waals surface area contributed by atoms with Gasteiger partial charge in [-0.05, 0) is 49.1 Å². The van der Waals surface area contributed by atoms with E-state index in [1.54, 1.807) is 6.92 Å². The van der Waals surface area contributed by atoms with E-state index < -0.39 is 5.60 Å². The van der Waals surface area contributed by atoms with E-state index in [9.17, 15) is 9.59 Å². The lowest BCUT2D eigenvalue weighted by Crippen LogP contribution is -2.49. The van der Waals surface area contributed by atoms with Crippen molar-refractivity contribution < 1.29 is 19.1 Å². The molecule has 0 bridgehead atoms. The minimum atomic E-state index is -1.03. The van der Waals surface area contributed by atoms with Crippen molar-refractivity contribution in [3.05, 3.63) is 95.1 Å². The molecule has 1 heterocycles. The molecule has 2 atom stereocenters. The molecule has 4 nitrogen and oxygen atoms in total. The standard InChI is InChI=1S/C27H24O4/c1-18(28)15-24-23-16-21(30-17-19-7-3-2-4-8-19)11-12-25(23)31-27(24)14-13-20-9-5-6-10-22(20)26(27)29/h2-12,16,24H,13-15,17H2,1H3. The second kappa shape index (κ2) is 7.69. The lowest BCUT2D eigenvalue weighted by atomic mass is 9.69. The van der Waals surface area contributed by atoms with Gasteiger partial charge < -0.3 is 14.3 Å². The van der Waals surface area contributed by atoms with Crippen LogP contribution in [0.25, 0.3) is 0 Å². The number of ketones is 2. The number of hydrogen-bond donors (Lipinski definition) is 0. The fourth-order valence-corrected chi connectivity index (χ4v) is 4.85. The maximum atomic E-state index is 13.6. The molecule has 31 heavy (non-hydrogen) atoms. The van der Waals surface area contributed by atoms with Crippen molar-refractivity contribution in [1.82, 2.24) is 0 Å². The number of carbonyl (C=O) groups is 2. The molecular formula is C27H24O4. The molecule has 3 aromatic carbocycles. The molecule has 1 spiro atoms. The van der Waals surface area contributed by atoms with Crippen molar-refractivity contribution in [3.63, 3.8) is 0 Å². The average Bonchev–Trinajstić information content (AvgIpc) is 3.09. The summed E-state index contributed by atoms with van der Waals surface area (Å²) in [5.41, 5.74) is 2.69. The minimum Gasteiger partial charge on any atom is -0.489 e. The van der Waals surface area contributed by atoms with Crippen molar-refractivity contribution >= 4 is 11.6 Å². The number of hydrogen-bond acceptors (Lipinski definition) is 4. The topological polar surface area (TPSA) is 52.6 Å². The molecule has 1 aliphatic heterocycles. The Hall–Kier alpha value is -3.40. The average molecular weight is 412 g/mol. The molecule has 1 aliphatic carbocycles. The molecule has 0 amide bonds. The SMILES string of the molecule is CC(=O)CC1c2cc(OCc3ccccc3)ccc2OC12CCc1ccccc1C2=O. The number of Topliss-reactive ketones (excluding diaryl/α,β-unsaturated/α-hetero) is 2. The molecular weight excluding hydrogens is 388 g/mol. The van der Waals surface area contributed by atoms with Crippen LogP contribution >= 0.6 is 0 Å². The summed E-state index contributed by atoms with van der Waals surface area (Å²) in [6, 6.07) is 23.3. The van der Waals surface area contributed by atoms with Gasteiger partial charge in [-0.1, -0.05) is 54.6 Å². The van der Waals surface area contributed by atoms with E-state index in [0.717, 1.165) is 23.1 Å². The zero-order chi connectivity index (χ0) is 21.4. The van der Waals surface area contributed by atoms with Gasteiger partial charge >= 0.3 is 0 Å². The fraction of sp³-hybridized carbons (Fsp3) is 0.259. The highest BCUT2D eigenvalue weighted by atomic mass is 16.5. The van der Waals surface area contributed by atoms with Crippen LogP contribution in [-0.4, -0.2) is 17.2 Å². The highest BCUT2D eigenvalue weighted by Gasteiger charge is 2.56. The second-order valence-electron chi connectivity index (χ2n) is 8.41. The fourth-order valence-electron chi connectivity index (χ4n) is 4.85. The van der Waals surface area contributed by atoms with Gasteiger partial charge in [0.05, 0.1) is 0 Å². The molecule has 0 saturated heterocycles. The number of ether oxygens (including phenoxy) is 2. The highest BCUT2D eigenvalue weighted by molar-refractivity contribution is 6.06. The van der Waals surface area contributed by atoms with Gasteiger partial charge in [0.25, 0.3) is 0 Å². The van der Waals surface area contributed by atoms with E-state index in [1.807, 2.05) is 72.8 Å². The first-order valence-electron chi connectivity index (χ1n) is 10.7. The largest absolute Gasteiger partial charge is 0.489 e. The van der Waals surface area contributed by atoms with E-state index in [1.165, 1.54) is 0 Å². The zero-order valence-electron chi connectivity index (χ0n) is 17.5. The van der Waals surface area contributed by atoms with Crippen molar-refractivity contribution in [2.24, 2.45) is 0 Å². The lowest BCUT2D eigenvalue weighted by molar-refractivity contribution is -0.118. The van der Waals surface area contributed by atoms with Crippen LogP contribution in [0, 0.1) is 0 Å². The molecule has 0 fully saturated rings. The normalized spacial score (nSPS) is 21.3. The summed E-state index contributed by atoms with van der Waals surface area (Å²) in [6.45, 7) is 2.03. The van der Waals surface area contributed by atoms with E-state index >= 15 is 0 Å². The monoisotopic (exact) mass is 412 g/mol. The minimum absolute atomic E-state index is 0.0245. The summed E-state index contributed by atoms with van der Waals surface area (Å²) in [4.78, 5) is 25.8. The molecule has 2 unspecified atom stereocenters. The summed E-state index contributed by atoms with van der Waals surface area (Å²) in [5.74, 6) is 1.08. The van der Waals surface area contributed by atoms with Crippen LogP contribution in [0.5, 0.6) is 11.5 Å². The van der Waals surface area contributed by atoms with Gasteiger partial charge in [0.1, 0.15) is 23.9 Å². The van der Waals surface area contributed by atoms with Gasteiger partial charge in [-0.2, -0.15) is 0 Å². The van der Waals surface area contributed by atoms with Crippen LogP contribution in [0.2, 0.25) is 0 Å². The molecule has 2 aliphatic rings. The van der Waals surface area contributed by atoms with Gasteiger partial charge in [0, 0.05) is 23.5 Å². The molecule has 156 valence electrons. The van der Waals surface area contributed by atoms with Gasteiger partial charge in [-0.3, -0.25) is 4.79 Å². The zero-order valence-corrected chi connectivity index (χ0v) is 17.5. The van der Waals surface area contributed by atoms with Gasteiger partial charge in [0.2, 0.25) is 5.78 Å². The third kappa shape index (κ3) is 3.42. The van der Waals surface area contributed by atoms with Gasteiger partial charge in [0.15, 0.2) is 5.60 Å². The smallest absolute Gasteiger partial charge is 0.207 e. The Labute approximate surface area is 181 Å². The third-order valence-electron chi connectivity index (χ3n) is 6.36. The number of benzene rings is 3. The van der Waals surface area contributed by atoms with Crippen molar-refractivity contribution in [2.75, 3.05) is 0 Å². The Morgan fingerprint density at radius 1 is 1.06 bits per heavy atom. The van der Waals surface area contributed by atoms with Gasteiger partial charge in [-0.15, -0.1) is 0 Å². The quantitative estimate of drug-likeness (QED) is 0.571. The van der Waals surface area contributed by atoms with Crippen molar-refractivity contribution in [1.29, 1.82) is 0 Å². The summed E-state index contributed by atoms with van der Waals surface area (Å²) in [7, 11) is 0. The Balaban J connectivity index is 1.49. The molecule has 0 saturated carbocycles. The van der Waals surface area contributed by atoms with E-state index in [4.69, 9.17) is 9.47 Å². The van der Waals surface area contributed by atoms with Crippen LogP contribution in [0.3, 0.4) is 0 Å². The van der Waals surface area contributed by atoms with Crippen LogP contribution in [0.1, 0.15) is 52.7 Å². The van der Waals surface area contributed by atoms with Crippen LogP contribution in [0.4, 0.5) is 0 Å². The highest BCUT2D eigenvalue weighted by Crippen LogP contribution is 2.52. The van der Waals surface area contributed by atoms with Crippen molar-refractivity contribution in [3.8, 4) is 11.5 Å². The maximum absolute atomic E-state index is 13.6. The number of fused-ring (bicyclic) bond motifs is 2.